The lowest BCUT2D eigenvalue weighted by molar-refractivity contribution is 0.102. The van der Waals surface area contributed by atoms with Gasteiger partial charge in [-0.3, -0.25) is 9.78 Å². The molecule has 0 spiro atoms. The number of carbonyl (C=O) groups excluding carboxylic acids is 1. The molecule has 158 valence electrons. The highest BCUT2D eigenvalue weighted by Gasteiger charge is 2.13. The number of benzene rings is 3. The SMILES string of the molecule is Cc1cc(N)c2cc(NC(=O)c3ccccc3COc3ccc(Br)cc3)ccc2n1.Cl. The predicted octanol–water partition coefficient (Wildman–Crippen LogP) is 6.14. The van der Waals surface area contributed by atoms with Gasteiger partial charge in [0, 0.05) is 38.1 Å². The number of pyridine rings is 1. The zero-order chi connectivity index (χ0) is 21.1. The molecule has 31 heavy (non-hydrogen) atoms. The number of hydrogen-bond acceptors (Lipinski definition) is 4. The zero-order valence-corrected chi connectivity index (χ0v) is 19.2. The standard InChI is InChI=1S/C24H20BrN3O2.ClH/c1-15-12-22(26)21-13-18(8-11-23(21)27-15)28-24(29)20-5-3-2-4-16(20)14-30-19-9-6-17(25)7-10-19;/h2-13H,14H2,1H3,(H2,26,27)(H,28,29);1H. The van der Waals surface area contributed by atoms with E-state index in [0.29, 0.717) is 23.5 Å². The second kappa shape index (κ2) is 9.81. The van der Waals surface area contributed by atoms with Gasteiger partial charge in [-0.1, -0.05) is 34.1 Å². The summed E-state index contributed by atoms with van der Waals surface area (Å²) in [4.78, 5) is 17.4. The largest absolute Gasteiger partial charge is 0.489 e. The van der Waals surface area contributed by atoms with E-state index in [1.165, 1.54) is 0 Å². The highest BCUT2D eigenvalue weighted by Crippen LogP contribution is 2.25. The maximum absolute atomic E-state index is 12.9. The van der Waals surface area contributed by atoms with Crippen molar-refractivity contribution < 1.29 is 9.53 Å². The van der Waals surface area contributed by atoms with E-state index in [4.69, 9.17) is 10.5 Å². The molecule has 5 nitrogen and oxygen atoms in total. The number of nitrogens with zero attached hydrogens (tertiary/aromatic N) is 1. The van der Waals surface area contributed by atoms with Crippen LogP contribution in [0.25, 0.3) is 10.9 Å². The molecule has 4 aromatic rings. The second-order valence-corrected chi connectivity index (χ2v) is 7.85. The Morgan fingerprint density at radius 1 is 1.06 bits per heavy atom. The number of aromatic nitrogens is 1. The molecule has 0 aliphatic rings. The quantitative estimate of drug-likeness (QED) is 0.346. The maximum Gasteiger partial charge on any atom is 0.256 e. The number of hydrogen-bond donors (Lipinski definition) is 2. The van der Waals surface area contributed by atoms with Gasteiger partial charge in [0.25, 0.3) is 5.91 Å². The van der Waals surface area contributed by atoms with Crippen LogP contribution < -0.4 is 15.8 Å². The molecule has 7 heteroatoms. The van der Waals surface area contributed by atoms with Gasteiger partial charge in [-0.05, 0) is 61.5 Å². The Hall–Kier alpha value is -3.09. The molecule has 3 N–H and O–H groups in total. The normalized spacial score (nSPS) is 10.4. The fourth-order valence-electron chi connectivity index (χ4n) is 3.23. The Labute approximate surface area is 195 Å². The average molecular weight is 499 g/mol. The number of rotatable bonds is 5. The number of fused-ring (bicyclic) bond motifs is 1. The van der Waals surface area contributed by atoms with Crippen LogP contribution in [0.4, 0.5) is 11.4 Å². The summed E-state index contributed by atoms with van der Waals surface area (Å²) in [7, 11) is 0. The first-order valence-electron chi connectivity index (χ1n) is 9.44. The number of aryl methyl sites for hydroxylation is 1. The van der Waals surface area contributed by atoms with Gasteiger partial charge >= 0.3 is 0 Å². The van der Waals surface area contributed by atoms with Crippen molar-refractivity contribution in [2.24, 2.45) is 0 Å². The monoisotopic (exact) mass is 497 g/mol. The van der Waals surface area contributed by atoms with Crippen molar-refractivity contribution in [1.82, 2.24) is 4.98 Å². The molecular formula is C24H21BrClN3O2. The molecule has 0 saturated heterocycles. The molecule has 0 radical (unpaired) electrons. The number of halogens is 2. The second-order valence-electron chi connectivity index (χ2n) is 6.94. The molecule has 1 heterocycles. The molecule has 0 aliphatic heterocycles. The van der Waals surface area contributed by atoms with Crippen molar-refractivity contribution in [2.75, 3.05) is 11.1 Å². The van der Waals surface area contributed by atoms with Crippen LogP contribution in [-0.4, -0.2) is 10.9 Å². The Balaban J connectivity index is 0.00000272. The van der Waals surface area contributed by atoms with E-state index in [1.54, 1.807) is 6.07 Å². The predicted molar refractivity (Wildman–Crippen MR) is 131 cm³/mol. The average Bonchev–Trinajstić information content (AvgIpc) is 2.74. The van der Waals surface area contributed by atoms with Crippen LogP contribution in [0.1, 0.15) is 21.6 Å². The van der Waals surface area contributed by atoms with Gasteiger partial charge in [-0.2, -0.15) is 0 Å². The van der Waals surface area contributed by atoms with Crippen LogP contribution in [0.5, 0.6) is 5.75 Å². The van der Waals surface area contributed by atoms with Crippen LogP contribution in [-0.2, 0) is 6.61 Å². The van der Waals surface area contributed by atoms with Crippen LogP contribution in [0, 0.1) is 6.92 Å². The summed E-state index contributed by atoms with van der Waals surface area (Å²) in [6.07, 6.45) is 0. The minimum absolute atomic E-state index is 0. The van der Waals surface area contributed by atoms with E-state index >= 15 is 0 Å². The van der Waals surface area contributed by atoms with Crippen LogP contribution in [0.15, 0.2) is 77.3 Å². The summed E-state index contributed by atoms with van der Waals surface area (Å²) >= 11 is 3.41. The van der Waals surface area contributed by atoms with E-state index in [-0.39, 0.29) is 18.3 Å². The Kier molecular flexibility index (Phi) is 7.15. The lowest BCUT2D eigenvalue weighted by Gasteiger charge is -2.12. The number of anilines is 2. The highest BCUT2D eigenvalue weighted by molar-refractivity contribution is 9.10. The summed E-state index contributed by atoms with van der Waals surface area (Å²) in [5.74, 6) is 0.532. The highest BCUT2D eigenvalue weighted by atomic mass is 79.9. The van der Waals surface area contributed by atoms with E-state index in [2.05, 4.69) is 26.2 Å². The first-order chi connectivity index (χ1) is 14.5. The molecule has 1 amide bonds. The fourth-order valence-corrected chi connectivity index (χ4v) is 3.49. The molecule has 4 rings (SSSR count). The topological polar surface area (TPSA) is 77.2 Å². The molecule has 0 saturated carbocycles. The summed E-state index contributed by atoms with van der Waals surface area (Å²) < 4.78 is 6.83. The Morgan fingerprint density at radius 2 is 1.81 bits per heavy atom. The first kappa shape index (κ1) is 22.6. The van der Waals surface area contributed by atoms with Crippen molar-refractivity contribution in [1.29, 1.82) is 0 Å². The van der Waals surface area contributed by atoms with Gasteiger partial charge < -0.3 is 15.8 Å². The lowest BCUT2D eigenvalue weighted by Crippen LogP contribution is -2.15. The first-order valence-corrected chi connectivity index (χ1v) is 10.2. The lowest BCUT2D eigenvalue weighted by atomic mass is 10.1. The maximum atomic E-state index is 12.9. The summed E-state index contributed by atoms with van der Waals surface area (Å²) in [5.41, 5.74) is 10.4. The van der Waals surface area contributed by atoms with E-state index in [9.17, 15) is 4.79 Å². The number of nitrogen functional groups attached to an aromatic ring is 1. The van der Waals surface area contributed by atoms with Gasteiger partial charge in [0.2, 0.25) is 0 Å². The number of carbonyl (C=O) groups is 1. The number of nitrogens with one attached hydrogen (secondary N) is 1. The van der Waals surface area contributed by atoms with Crippen molar-refractivity contribution in [3.8, 4) is 5.75 Å². The third kappa shape index (κ3) is 5.34. The molecule has 0 bridgehead atoms. The van der Waals surface area contributed by atoms with Gasteiger partial charge in [0.15, 0.2) is 0 Å². The van der Waals surface area contributed by atoms with E-state index < -0.39 is 0 Å². The van der Waals surface area contributed by atoms with Gasteiger partial charge in [0.05, 0.1) is 5.52 Å². The van der Waals surface area contributed by atoms with Gasteiger partial charge in [0.1, 0.15) is 12.4 Å². The summed E-state index contributed by atoms with van der Waals surface area (Å²) in [5, 5.41) is 3.76. The Bertz CT molecular complexity index is 1230. The van der Waals surface area contributed by atoms with E-state index in [1.807, 2.05) is 73.7 Å². The number of amides is 1. The molecule has 0 atom stereocenters. The summed E-state index contributed by atoms with van der Waals surface area (Å²) in [6, 6.07) is 22.3. The van der Waals surface area contributed by atoms with Gasteiger partial charge in [-0.25, -0.2) is 0 Å². The van der Waals surface area contributed by atoms with Crippen molar-refractivity contribution in [3.63, 3.8) is 0 Å². The van der Waals surface area contributed by atoms with Crippen LogP contribution in [0.3, 0.4) is 0 Å². The Morgan fingerprint density at radius 3 is 2.58 bits per heavy atom. The smallest absolute Gasteiger partial charge is 0.256 e. The minimum Gasteiger partial charge on any atom is -0.489 e. The molecule has 0 unspecified atom stereocenters. The third-order valence-electron chi connectivity index (χ3n) is 4.70. The minimum atomic E-state index is -0.206. The third-order valence-corrected chi connectivity index (χ3v) is 5.23. The number of ether oxygens (including phenoxy) is 1. The fraction of sp³-hybridized carbons (Fsp3) is 0.0833. The number of nitrogens with two attached hydrogens (primary N) is 1. The van der Waals surface area contributed by atoms with Crippen LogP contribution in [0.2, 0.25) is 0 Å². The molecule has 1 aromatic heterocycles. The van der Waals surface area contributed by atoms with Gasteiger partial charge in [-0.15, -0.1) is 12.4 Å². The van der Waals surface area contributed by atoms with Crippen molar-refractivity contribution in [2.45, 2.75) is 13.5 Å². The summed E-state index contributed by atoms with van der Waals surface area (Å²) in [6.45, 7) is 2.19. The van der Waals surface area contributed by atoms with Crippen LogP contribution >= 0.6 is 28.3 Å². The van der Waals surface area contributed by atoms with E-state index in [0.717, 1.165) is 32.4 Å². The molecule has 0 aliphatic carbocycles. The van der Waals surface area contributed by atoms with Crippen molar-refractivity contribution >= 4 is 56.5 Å². The zero-order valence-electron chi connectivity index (χ0n) is 16.8. The molecular weight excluding hydrogens is 478 g/mol. The molecule has 3 aromatic carbocycles. The van der Waals surface area contributed by atoms with Crippen molar-refractivity contribution in [3.05, 3.63) is 94.1 Å². The molecule has 0 fully saturated rings.